The number of thiazole rings is 1. The maximum Gasteiger partial charge on any atom is 0.410 e. The van der Waals surface area contributed by atoms with E-state index in [2.05, 4.69) is 32.8 Å². The van der Waals surface area contributed by atoms with Gasteiger partial charge in [-0.25, -0.2) is 14.6 Å². The first-order valence-corrected chi connectivity index (χ1v) is 18.4. The Bertz CT molecular complexity index is 1270. The molecule has 0 aliphatic carbocycles. The van der Waals surface area contributed by atoms with Crippen molar-refractivity contribution in [1.29, 1.82) is 0 Å². The maximum absolute atomic E-state index is 13.4. The zero-order valence-electron chi connectivity index (χ0n) is 23.8. The number of hydrogen-bond acceptors (Lipinski definition) is 9. The van der Waals surface area contributed by atoms with Crippen LogP contribution in [0.15, 0.2) is 51.7 Å². The molecule has 216 valence electrons. The van der Waals surface area contributed by atoms with Crippen LogP contribution in [-0.4, -0.2) is 79.0 Å². The number of aromatic nitrogens is 1. The Hall–Kier alpha value is -2.67. The van der Waals surface area contributed by atoms with E-state index >= 15 is 0 Å². The topological polar surface area (TPSA) is 98.3 Å². The second-order valence-electron chi connectivity index (χ2n) is 11.0. The van der Waals surface area contributed by atoms with Crippen LogP contribution >= 0.6 is 23.1 Å². The second kappa shape index (κ2) is 12.1. The van der Waals surface area contributed by atoms with Crippen molar-refractivity contribution in [1.82, 2.24) is 14.8 Å². The van der Waals surface area contributed by atoms with E-state index in [0.717, 1.165) is 20.5 Å². The molecule has 9 nitrogen and oxygen atoms in total. The van der Waals surface area contributed by atoms with E-state index in [1.54, 1.807) is 9.80 Å². The molecular formula is C28H37N3O6S2Si. The minimum atomic E-state index is -1.87. The molecule has 4 heterocycles. The lowest BCUT2D eigenvalue weighted by Gasteiger charge is -2.48. The third kappa shape index (κ3) is 5.85. The zero-order valence-corrected chi connectivity index (χ0v) is 26.5. The fraction of sp³-hybridized carbons (Fsp3) is 0.500. The lowest BCUT2D eigenvalue weighted by atomic mass is 9.79. The highest BCUT2D eigenvalue weighted by Gasteiger charge is 2.61. The number of fused-ring (bicyclic) bond motifs is 1. The van der Waals surface area contributed by atoms with Gasteiger partial charge in [-0.15, -0.1) is 11.3 Å². The van der Waals surface area contributed by atoms with Gasteiger partial charge in [-0.2, -0.15) is 0 Å². The fourth-order valence-corrected chi connectivity index (χ4v) is 8.81. The van der Waals surface area contributed by atoms with Crippen molar-refractivity contribution >= 4 is 55.0 Å². The molecule has 4 rings (SSSR count). The summed E-state index contributed by atoms with van der Waals surface area (Å²) in [6, 6.07) is -0.376. The number of hydrogen-bond donors (Lipinski definition) is 0. The normalized spacial score (nSPS) is 24.9. The molecule has 0 N–H and O–H groups in total. The SMILES string of the molecule is C=CCOC(=O)C1=C(Sc2nc(C3=CCN(C(=O)OCC=C)[C@@H]3C)cs2)[C@H](C)[C@@H]2[C@@H]([C@@H](C)O[Si](C)(C)C)C(=O)N12. The molecule has 0 aromatic carbocycles. The van der Waals surface area contributed by atoms with E-state index in [0.29, 0.717) is 6.54 Å². The van der Waals surface area contributed by atoms with E-state index < -0.39 is 20.4 Å². The van der Waals surface area contributed by atoms with Crippen LogP contribution in [0.1, 0.15) is 26.5 Å². The van der Waals surface area contributed by atoms with Gasteiger partial charge in [0, 0.05) is 22.7 Å². The molecular weight excluding hydrogens is 567 g/mol. The number of carbonyl (C=O) groups is 3. The van der Waals surface area contributed by atoms with Crippen molar-refractivity contribution in [2.45, 2.75) is 62.9 Å². The molecule has 3 aliphatic rings. The number of β-lactam (4-membered cyclic amide) rings is 1. The Balaban J connectivity index is 1.56. The summed E-state index contributed by atoms with van der Waals surface area (Å²) in [7, 11) is -1.87. The van der Waals surface area contributed by atoms with E-state index in [4.69, 9.17) is 18.9 Å². The van der Waals surface area contributed by atoms with Gasteiger partial charge >= 0.3 is 12.1 Å². The number of thioether (sulfide) groups is 1. The quantitative estimate of drug-likeness (QED) is 0.145. The molecule has 40 heavy (non-hydrogen) atoms. The van der Waals surface area contributed by atoms with Crippen molar-refractivity contribution in [2.24, 2.45) is 11.8 Å². The molecule has 1 aromatic heterocycles. The standard InChI is InChI=1S/C28H37N3O6S2Si/c1-9-13-35-26(33)23-24(16(3)22-21(25(32)31(22)23)18(5)37-40(6,7)8)39-27-29-20(15-38-27)19-11-12-30(17(19)4)28(34)36-14-10-2/h9-11,15-18,21-22H,1-2,12-14H2,3-8H3/t16-,17-,18-,21-,22-/m1/s1. The first kappa shape index (κ1) is 30.3. The predicted molar refractivity (Wildman–Crippen MR) is 159 cm³/mol. The maximum atomic E-state index is 13.4. The van der Waals surface area contributed by atoms with Crippen molar-refractivity contribution in [3.05, 3.63) is 53.1 Å². The lowest BCUT2D eigenvalue weighted by Crippen LogP contribution is -2.64. The highest BCUT2D eigenvalue weighted by molar-refractivity contribution is 8.04. The third-order valence-electron chi connectivity index (χ3n) is 7.12. The van der Waals surface area contributed by atoms with Crippen LogP contribution in [-0.2, 0) is 23.5 Å². The molecule has 0 radical (unpaired) electrons. The molecule has 0 spiro atoms. The Labute approximate surface area is 245 Å². The summed E-state index contributed by atoms with van der Waals surface area (Å²) in [4.78, 5) is 47.8. The third-order valence-corrected chi connectivity index (χ3v) is 10.4. The molecule has 3 aliphatic heterocycles. The van der Waals surface area contributed by atoms with Gasteiger partial charge in [0.1, 0.15) is 18.9 Å². The largest absolute Gasteiger partial charge is 0.457 e. The Morgan fingerprint density at radius 3 is 2.55 bits per heavy atom. The van der Waals surface area contributed by atoms with Crippen LogP contribution in [0.3, 0.4) is 0 Å². The summed E-state index contributed by atoms with van der Waals surface area (Å²) in [5, 5.41) is 1.95. The van der Waals surface area contributed by atoms with Crippen LogP contribution in [0.4, 0.5) is 4.79 Å². The van der Waals surface area contributed by atoms with E-state index in [9.17, 15) is 14.4 Å². The fourth-order valence-electron chi connectivity index (χ4n) is 5.46. The Morgan fingerprint density at radius 2 is 1.90 bits per heavy atom. The number of amides is 2. The first-order valence-electron chi connectivity index (χ1n) is 13.3. The van der Waals surface area contributed by atoms with Crippen molar-refractivity contribution in [2.75, 3.05) is 19.8 Å². The smallest absolute Gasteiger partial charge is 0.410 e. The molecule has 5 atom stereocenters. The Kier molecular flexibility index (Phi) is 9.13. The molecule has 1 fully saturated rings. The van der Waals surface area contributed by atoms with Gasteiger partial charge in [-0.3, -0.25) is 9.69 Å². The number of rotatable bonds is 11. The minimum absolute atomic E-state index is 0.0547. The number of nitrogens with zero attached hydrogens (tertiary/aromatic N) is 3. The molecule has 1 saturated heterocycles. The molecule has 1 aromatic rings. The highest BCUT2D eigenvalue weighted by atomic mass is 32.2. The predicted octanol–water partition coefficient (Wildman–Crippen LogP) is 5.30. The van der Waals surface area contributed by atoms with Crippen LogP contribution in [0.2, 0.25) is 19.6 Å². The van der Waals surface area contributed by atoms with Crippen molar-refractivity contribution < 1.29 is 28.3 Å². The summed E-state index contributed by atoms with van der Waals surface area (Å²) in [6.45, 7) is 20.1. The van der Waals surface area contributed by atoms with Crippen LogP contribution < -0.4 is 0 Å². The van der Waals surface area contributed by atoms with Crippen LogP contribution in [0.5, 0.6) is 0 Å². The summed E-state index contributed by atoms with van der Waals surface area (Å²) >= 11 is 2.85. The van der Waals surface area contributed by atoms with Crippen LogP contribution in [0.25, 0.3) is 5.57 Å². The van der Waals surface area contributed by atoms with Crippen molar-refractivity contribution in [3.8, 4) is 0 Å². The average molecular weight is 604 g/mol. The highest BCUT2D eigenvalue weighted by Crippen LogP contribution is 2.53. The summed E-state index contributed by atoms with van der Waals surface area (Å²) in [5.41, 5.74) is 2.00. The number of esters is 1. The van der Waals surface area contributed by atoms with Gasteiger partial charge in [0.25, 0.3) is 0 Å². The summed E-state index contributed by atoms with van der Waals surface area (Å²) < 4.78 is 17.6. The number of carbonyl (C=O) groups excluding carboxylic acids is 3. The molecule has 12 heteroatoms. The summed E-state index contributed by atoms with van der Waals surface area (Å²) in [5.74, 6) is -1.08. The minimum Gasteiger partial charge on any atom is -0.457 e. The van der Waals surface area contributed by atoms with E-state index in [1.165, 1.54) is 35.3 Å². The molecule has 2 amide bonds. The molecule has 0 bridgehead atoms. The van der Waals surface area contributed by atoms with E-state index in [1.807, 2.05) is 32.2 Å². The summed E-state index contributed by atoms with van der Waals surface area (Å²) in [6.07, 6.45) is 4.38. The van der Waals surface area contributed by atoms with Crippen LogP contribution in [0, 0.1) is 11.8 Å². The van der Waals surface area contributed by atoms with Gasteiger partial charge in [0.2, 0.25) is 5.91 Å². The molecule has 0 saturated carbocycles. The second-order valence-corrected chi connectivity index (χ2v) is 17.6. The van der Waals surface area contributed by atoms with Crippen molar-refractivity contribution in [3.63, 3.8) is 0 Å². The molecule has 0 unspecified atom stereocenters. The van der Waals surface area contributed by atoms with Gasteiger partial charge in [0.15, 0.2) is 12.7 Å². The van der Waals surface area contributed by atoms with E-state index in [-0.39, 0.29) is 54.8 Å². The average Bonchev–Trinajstić information content (AvgIpc) is 3.56. The van der Waals surface area contributed by atoms with Gasteiger partial charge in [-0.05, 0) is 39.1 Å². The number of ether oxygens (including phenoxy) is 2. The van der Waals surface area contributed by atoms with Gasteiger partial charge < -0.3 is 18.8 Å². The van der Waals surface area contributed by atoms with Gasteiger partial charge in [-0.1, -0.05) is 50.1 Å². The monoisotopic (exact) mass is 603 g/mol. The zero-order chi connectivity index (χ0) is 29.4. The first-order chi connectivity index (χ1) is 18.9. The van der Waals surface area contributed by atoms with Gasteiger partial charge in [0.05, 0.1) is 29.8 Å². The Morgan fingerprint density at radius 1 is 1.23 bits per heavy atom. The lowest BCUT2D eigenvalue weighted by molar-refractivity contribution is -0.163.